The minimum atomic E-state index is -0.503. The molecule has 18 aromatic carbocycles. The van der Waals surface area contributed by atoms with E-state index in [9.17, 15) is 0 Å². The number of halogens is 1. The zero-order valence-corrected chi connectivity index (χ0v) is 64.9. The van der Waals surface area contributed by atoms with E-state index in [0.717, 1.165) is 33.6 Å². The van der Waals surface area contributed by atoms with Crippen molar-refractivity contribution in [3.8, 4) is 55.9 Å². The summed E-state index contributed by atoms with van der Waals surface area (Å²) in [5, 5.41) is 5.05. The van der Waals surface area contributed by atoms with Gasteiger partial charge in [-0.3, -0.25) is 0 Å². The highest BCUT2D eigenvalue weighted by Crippen LogP contribution is 2.59. The first-order valence-electron chi connectivity index (χ1n) is 39.6. The molecule has 0 saturated carbocycles. The van der Waals surface area contributed by atoms with Crippen molar-refractivity contribution in [1.82, 2.24) is 9.13 Å². The molecular formula is C111H78BrN3. The highest BCUT2D eigenvalue weighted by Gasteiger charge is 2.48. The molecule has 0 amide bonds. The molecule has 2 heterocycles. The van der Waals surface area contributed by atoms with Crippen molar-refractivity contribution in [2.45, 2.75) is 17.3 Å². The van der Waals surface area contributed by atoms with Crippen LogP contribution in [-0.2, 0) is 17.3 Å². The molecule has 0 N–H and O–H groups in total. The van der Waals surface area contributed by atoms with Crippen LogP contribution in [0.4, 0.5) is 17.1 Å². The normalized spacial score (nSPS) is 12.6. The average Bonchev–Trinajstić information content (AvgIpc) is 1.55. The van der Waals surface area contributed by atoms with Crippen LogP contribution >= 0.6 is 15.9 Å². The van der Waals surface area contributed by atoms with Crippen molar-refractivity contribution in [1.29, 1.82) is 0 Å². The standard InChI is InChI=1S/C55H38N2.C38H28.C18H12BrN/c1-5-17-39(18-6-1)40-29-31-44(32-30-40)56(46-34-36-50-49-26-14-16-28-53(49)57(54(50)38-46)43-23-11-4-12-24-43)45-33-35-48-47-25-13-15-27-51(47)55(52(48)37-45,41-19-7-2-8-20-41)42-21-9-3-10-22-42;1-4-12-30(13-5-1)31-23-20-28(21-24-31)26-29-22-25-35-34-18-10-11-19-36(34)38(37(35)27-29,32-14-6-2-7-15-32)33-16-8-3-9-17-33;19-13-10-11-16-15-8-4-5-9-17(15)20(18(16)12-13)14-6-2-1-3-7-14/h1-38H;1-25,27H,26H2;1-12H. The molecule has 0 spiro atoms. The van der Waals surface area contributed by atoms with E-state index in [-0.39, 0.29) is 5.41 Å². The lowest BCUT2D eigenvalue weighted by atomic mass is 9.67. The van der Waals surface area contributed by atoms with Gasteiger partial charge >= 0.3 is 0 Å². The van der Waals surface area contributed by atoms with Crippen molar-refractivity contribution in [2.75, 3.05) is 4.90 Å². The van der Waals surface area contributed by atoms with Gasteiger partial charge in [-0.05, 0) is 191 Å². The van der Waals surface area contributed by atoms with E-state index in [4.69, 9.17) is 0 Å². The topological polar surface area (TPSA) is 13.1 Å². The van der Waals surface area contributed by atoms with Crippen LogP contribution in [0.5, 0.6) is 0 Å². The van der Waals surface area contributed by atoms with E-state index in [1.165, 1.54) is 149 Å². The quantitative estimate of drug-likeness (QED) is 0.112. The SMILES string of the molecule is Brc1ccc2c3ccccc3n(-c3ccccc3)c2c1.c1ccc(-c2ccc(Cc3ccc4c(c3)C(c3ccccc3)(c3ccccc3)c3ccccc3-4)cc2)cc1.c1ccc(-c2ccc(N(c3ccc4c(c3)C(c3ccccc3)(c3ccccc3)c3ccccc3-4)c3ccc4c5ccccc5n(-c5ccccc5)c4c3)cc2)cc1. The lowest BCUT2D eigenvalue weighted by molar-refractivity contribution is 0.767. The van der Waals surface area contributed by atoms with Crippen molar-refractivity contribution >= 4 is 76.6 Å². The van der Waals surface area contributed by atoms with E-state index < -0.39 is 5.41 Å². The lowest BCUT2D eigenvalue weighted by Crippen LogP contribution is -2.28. The average molecular weight is 1530 g/mol. The summed E-state index contributed by atoms with van der Waals surface area (Å²) in [7, 11) is 0. The zero-order chi connectivity index (χ0) is 76.7. The van der Waals surface area contributed by atoms with Gasteiger partial charge in [0.1, 0.15) is 0 Å². The van der Waals surface area contributed by atoms with Gasteiger partial charge in [0, 0.05) is 54.5 Å². The van der Waals surface area contributed by atoms with Crippen LogP contribution in [0.3, 0.4) is 0 Å². The third-order valence-corrected chi connectivity index (χ3v) is 24.0. The van der Waals surface area contributed by atoms with Crippen molar-refractivity contribution in [3.63, 3.8) is 0 Å². The number of anilines is 3. The lowest BCUT2D eigenvalue weighted by Gasteiger charge is -2.35. The predicted octanol–water partition coefficient (Wildman–Crippen LogP) is 29.1. The van der Waals surface area contributed by atoms with Crippen LogP contribution in [0.15, 0.2) is 466 Å². The molecule has 0 unspecified atom stereocenters. The van der Waals surface area contributed by atoms with Crippen molar-refractivity contribution in [3.05, 3.63) is 521 Å². The van der Waals surface area contributed by atoms with Gasteiger partial charge in [0.05, 0.1) is 32.9 Å². The van der Waals surface area contributed by atoms with Crippen LogP contribution in [0.25, 0.3) is 99.5 Å². The van der Waals surface area contributed by atoms with Gasteiger partial charge in [0.15, 0.2) is 0 Å². The fourth-order valence-corrected chi connectivity index (χ4v) is 18.8. The number of nitrogens with zero attached hydrogens (tertiary/aromatic N) is 3. The summed E-state index contributed by atoms with van der Waals surface area (Å²) in [5.74, 6) is 0. The summed E-state index contributed by atoms with van der Waals surface area (Å²) >= 11 is 3.58. The van der Waals surface area contributed by atoms with Crippen LogP contribution in [0, 0.1) is 0 Å². The maximum atomic E-state index is 3.58. The number of hydrogen-bond donors (Lipinski definition) is 0. The Morgan fingerprint density at radius 2 is 0.539 bits per heavy atom. The van der Waals surface area contributed by atoms with Gasteiger partial charge in [-0.25, -0.2) is 0 Å². The van der Waals surface area contributed by atoms with Gasteiger partial charge < -0.3 is 14.0 Å². The Bertz CT molecular complexity index is 6810. The molecule has 0 radical (unpaired) electrons. The third kappa shape index (κ3) is 12.4. The molecule has 115 heavy (non-hydrogen) atoms. The number of rotatable bonds is 13. The fraction of sp³-hybridized carbons (Fsp3) is 0.0270. The molecule has 0 atom stereocenters. The van der Waals surface area contributed by atoms with E-state index in [1.807, 2.05) is 6.07 Å². The maximum Gasteiger partial charge on any atom is 0.0714 e. The molecule has 3 nitrogen and oxygen atoms in total. The molecule has 2 aliphatic carbocycles. The number of para-hydroxylation sites is 4. The molecule has 22 rings (SSSR count). The second-order valence-corrected chi connectivity index (χ2v) is 30.8. The summed E-state index contributed by atoms with van der Waals surface area (Å²) in [6.07, 6.45) is 0.901. The van der Waals surface area contributed by atoms with Gasteiger partial charge in [0.2, 0.25) is 0 Å². The van der Waals surface area contributed by atoms with E-state index >= 15 is 0 Å². The van der Waals surface area contributed by atoms with Crippen LogP contribution in [0.2, 0.25) is 0 Å². The zero-order valence-electron chi connectivity index (χ0n) is 63.3. The molecule has 544 valence electrons. The largest absolute Gasteiger partial charge is 0.310 e. The van der Waals surface area contributed by atoms with Gasteiger partial charge in [0.25, 0.3) is 0 Å². The Labute approximate surface area is 680 Å². The smallest absolute Gasteiger partial charge is 0.0714 e. The first-order valence-corrected chi connectivity index (χ1v) is 40.4. The molecule has 2 aliphatic rings. The molecule has 0 aliphatic heterocycles. The Kier molecular flexibility index (Phi) is 18.4. The summed E-state index contributed by atoms with van der Waals surface area (Å²) in [5.41, 5.74) is 32.8. The first-order chi connectivity index (χ1) is 57.0. The Balaban J connectivity index is 0.000000126. The fourth-order valence-electron chi connectivity index (χ4n) is 18.5. The first kappa shape index (κ1) is 70.0. The number of aromatic nitrogens is 2. The Morgan fingerprint density at radius 1 is 0.217 bits per heavy atom. The van der Waals surface area contributed by atoms with E-state index in [0.29, 0.717) is 0 Å². The molecular weight excluding hydrogens is 1460 g/mol. The molecule has 20 aromatic rings. The number of fused-ring (bicyclic) bond motifs is 12. The van der Waals surface area contributed by atoms with Gasteiger partial charge in [-0.15, -0.1) is 0 Å². The van der Waals surface area contributed by atoms with E-state index in [1.54, 1.807) is 0 Å². The monoisotopic (exact) mass is 1530 g/mol. The number of hydrogen-bond acceptors (Lipinski definition) is 1. The molecule has 4 heteroatoms. The second-order valence-electron chi connectivity index (χ2n) is 29.9. The predicted molar refractivity (Wildman–Crippen MR) is 485 cm³/mol. The third-order valence-electron chi connectivity index (χ3n) is 23.5. The van der Waals surface area contributed by atoms with Crippen molar-refractivity contribution in [2.24, 2.45) is 0 Å². The van der Waals surface area contributed by atoms with Crippen LogP contribution < -0.4 is 4.90 Å². The summed E-state index contributed by atoms with van der Waals surface area (Å²) in [6, 6.07) is 167. The highest BCUT2D eigenvalue weighted by atomic mass is 79.9. The van der Waals surface area contributed by atoms with Gasteiger partial charge in [-0.2, -0.15) is 0 Å². The molecule has 0 fully saturated rings. The summed E-state index contributed by atoms with van der Waals surface area (Å²) in [4.78, 5) is 2.44. The summed E-state index contributed by atoms with van der Waals surface area (Å²) in [6.45, 7) is 0. The minimum Gasteiger partial charge on any atom is -0.310 e. The molecule has 0 saturated heterocycles. The summed E-state index contributed by atoms with van der Waals surface area (Å²) < 4.78 is 5.82. The van der Waals surface area contributed by atoms with Gasteiger partial charge in [-0.1, -0.05) is 392 Å². The second kappa shape index (κ2) is 30.2. The minimum absolute atomic E-state index is 0.346. The Morgan fingerprint density at radius 3 is 1.02 bits per heavy atom. The molecule has 2 aromatic heterocycles. The van der Waals surface area contributed by atoms with Crippen molar-refractivity contribution < 1.29 is 0 Å². The highest BCUT2D eigenvalue weighted by molar-refractivity contribution is 9.10. The molecule has 0 bridgehead atoms. The van der Waals surface area contributed by atoms with Crippen LogP contribution in [0.1, 0.15) is 55.6 Å². The van der Waals surface area contributed by atoms with Crippen LogP contribution in [-0.4, -0.2) is 9.13 Å². The number of benzene rings is 18. The maximum absolute atomic E-state index is 3.58. The van der Waals surface area contributed by atoms with E-state index in [2.05, 4.69) is 485 Å². The Hall–Kier alpha value is -14.2.